The molecule has 0 unspecified atom stereocenters. The van der Waals surface area contributed by atoms with E-state index in [9.17, 15) is 8.42 Å². The van der Waals surface area contributed by atoms with Crippen molar-refractivity contribution < 1.29 is 8.42 Å². The summed E-state index contributed by atoms with van der Waals surface area (Å²) < 4.78 is 25.6. The first-order valence-corrected chi connectivity index (χ1v) is 8.14. The summed E-state index contributed by atoms with van der Waals surface area (Å²) in [7, 11) is 1.43. The van der Waals surface area contributed by atoms with E-state index in [-0.39, 0.29) is 4.90 Å². The molecule has 0 amide bonds. The minimum Gasteiger partial charge on any atom is -0.396 e. The second kappa shape index (κ2) is 6.45. The summed E-state index contributed by atoms with van der Waals surface area (Å²) in [5.41, 5.74) is 7.14. The highest BCUT2D eigenvalue weighted by atomic mass is 32.2. The van der Waals surface area contributed by atoms with Crippen LogP contribution in [0.3, 0.4) is 0 Å². The van der Waals surface area contributed by atoms with E-state index in [1.54, 1.807) is 12.1 Å². The van der Waals surface area contributed by atoms with E-state index >= 15 is 0 Å². The fraction of sp³-hybridized carbons (Fsp3) is 0.571. The van der Waals surface area contributed by atoms with Gasteiger partial charge in [-0.15, -0.1) is 0 Å². The Bertz CT molecular complexity index is 554. The van der Waals surface area contributed by atoms with Crippen molar-refractivity contribution in [1.29, 1.82) is 0 Å². The normalized spacial score (nSPS) is 12.2. The van der Waals surface area contributed by atoms with Gasteiger partial charge in [0.05, 0.1) is 11.4 Å². The molecule has 1 rings (SSSR count). The van der Waals surface area contributed by atoms with E-state index in [0.29, 0.717) is 11.6 Å². The topological polar surface area (TPSA) is 66.6 Å². The Morgan fingerprint density at radius 1 is 1.20 bits per heavy atom. The zero-order valence-corrected chi connectivity index (χ0v) is 13.7. The van der Waals surface area contributed by atoms with Crippen LogP contribution >= 0.6 is 0 Å². The molecule has 5 nitrogen and oxygen atoms in total. The Hall–Kier alpha value is -1.27. The molecule has 0 saturated carbocycles. The number of nitrogens with zero attached hydrogens (tertiary/aromatic N) is 2. The summed E-state index contributed by atoms with van der Waals surface area (Å²) in [6.07, 6.45) is 1.03. The van der Waals surface area contributed by atoms with Crippen LogP contribution in [0.15, 0.2) is 23.1 Å². The van der Waals surface area contributed by atoms with Crippen LogP contribution in [0.4, 0.5) is 11.4 Å². The number of anilines is 2. The first-order chi connectivity index (χ1) is 9.17. The van der Waals surface area contributed by atoms with Gasteiger partial charge in [-0.05, 0) is 24.5 Å². The van der Waals surface area contributed by atoms with Crippen molar-refractivity contribution in [2.75, 3.05) is 38.3 Å². The highest BCUT2D eigenvalue weighted by molar-refractivity contribution is 7.89. The van der Waals surface area contributed by atoms with Gasteiger partial charge in [-0.2, -0.15) is 0 Å². The number of hydrogen-bond acceptors (Lipinski definition) is 4. The predicted octanol–water partition coefficient (Wildman–Crippen LogP) is 2.00. The molecule has 114 valence electrons. The van der Waals surface area contributed by atoms with Crippen LogP contribution in [-0.4, -0.2) is 40.4 Å². The first-order valence-electron chi connectivity index (χ1n) is 6.70. The molecule has 1 aromatic rings. The fourth-order valence-electron chi connectivity index (χ4n) is 1.86. The Morgan fingerprint density at radius 3 is 2.30 bits per heavy atom. The number of benzene rings is 1. The molecule has 2 N–H and O–H groups in total. The van der Waals surface area contributed by atoms with Gasteiger partial charge >= 0.3 is 0 Å². The minimum atomic E-state index is -3.51. The van der Waals surface area contributed by atoms with Crippen molar-refractivity contribution in [2.45, 2.75) is 25.2 Å². The summed E-state index contributed by atoms with van der Waals surface area (Å²) in [5, 5.41) is 0. The van der Waals surface area contributed by atoms with Crippen molar-refractivity contribution >= 4 is 21.4 Å². The van der Waals surface area contributed by atoms with Gasteiger partial charge in [-0.3, -0.25) is 0 Å². The van der Waals surface area contributed by atoms with Gasteiger partial charge in [-0.25, -0.2) is 12.7 Å². The molecule has 0 bridgehead atoms. The third kappa shape index (κ3) is 3.64. The van der Waals surface area contributed by atoms with Crippen LogP contribution in [0, 0.1) is 5.92 Å². The highest BCUT2D eigenvalue weighted by Crippen LogP contribution is 2.30. The SMILES string of the molecule is CC(C)CCN(C)c1cccc(S(=O)(=O)N(C)C)c1N. The molecule has 6 heteroatoms. The highest BCUT2D eigenvalue weighted by Gasteiger charge is 2.22. The molecule has 0 spiro atoms. The molecule has 0 aliphatic carbocycles. The van der Waals surface area contributed by atoms with E-state index in [1.807, 2.05) is 18.0 Å². The average Bonchev–Trinajstić information content (AvgIpc) is 2.35. The Labute approximate surface area is 122 Å². The number of sulfonamides is 1. The van der Waals surface area contributed by atoms with E-state index in [2.05, 4.69) is 13.8 Å². The van der Waals surface area contributed by atoms with Crippen molar-refractivity contribution in [2.24, 2.45) is 5.92 Å². The lowest BCUT2D eigenvalue weighted by Gasteiger charge is -2.24. The third-order valence-electron chi connectivity index (χ3n) is 3.25. The lowest BCUT2D eigenvalue weighted by molar-refractivity contribution is 0.521. The van der Waals surface area contributed by atoms with Gasteiger partial charge in [0.2, 0.25) is 10.0 Å². The second-order valence-corrected chi connectivity index (χ2v) is 7.70. The molecular formula is C14H25N3O2S. The van der Waals surface area contributed by atoms with Crippen LogP contribution in [0.5, 0.6) is 0 Å². The summed E-state index contributed by atoms with van der Waals surface area (Å²) >= 11 is 0. The van der Waals surface area contributed by atoms with E-state index in [1.165, 1.54) is 18.4 Å². The fourth-order valence-corrected chi connectivity index (χ4v) is 2.89. The maximum Gasteiger partial charge on any atom is 0.244 e. The van der Waals surface area contributed by atoms with Crippen molar-refractivity contribution in [1.82, 2.24) is 4.31 Å². The molecule has 0 saturated heterocycles. The van der Waals surface area contributed by atoms with Crippen molar-refractivity contribution in [3.8, 4) is 0 Å². The van der Waals surface area contributed by atoms with Gasteiger partial charge in [0, 0.05) is 27.7 Å². The minimum absolute atomic E-state index is 0.163. The summed E-state index contributed by atoms with van der Waals surface area (Å²) in [6.45, 7) is 5.15. The van der Waals surface area contributed by atoms with E-state index in [4.69, 9.17) is 5.73 Å². The van der Waals surface area contributed by atoms with Gasteiger partial charge in [0.25, 0.3) is 0 Å². The molecule has 0 heterocycles. The zero-order valence-electron chi connectivity index (χ0n) is 12.9. The van der Waals surface area contributed by atoms with E-state index < -0.39 is 10.0 Å². The maximum absolute atomic E-state index is 12.2. The molecule has 0 aliphatic heterocycles. The van der Waals surface area contributed by atoms with Crippen LogP contribution < -0.4 is 10.6 Å². The van der Waals surface area contributed by atoms with Crippen LogP contribution in [0.1, 0.15) is 20.3 Å². The monoisotopic (exact) mass is 299 g/mol. The molecular weight excluding hydrogens is 274 g/mol. The van der Waals surface area contributed by atoms with Gasteiger partial charge < -0.3 is 10.6 Å². The van der Waals surface area contributed by atoms with E-state index in [0.717, 1.165) is 18.7 Å². The summed E-state index contributed by atoms with van der Waals surface area (Å²) in [5.74, 6) is 0.590. The predicted molar refractivity (Wildman–Crippen MR) is 84.5 cm³/mol. The standard InChI is InChI=1S/C14H25N3O2S/c1-11(2)9-10-17(5)12-7-6-8-13(14(12)15)20(18,19)16(3)4/h6-8,11H,9-10,15H2,1-5H3. The Morgan fingerprint density at radius 2 is 1.80 bits per heavy atom. The molecule has 0 aliphatic rings. The summed E-state index contributed by atoms with van der Waals surface area (Å²) in [6, 6.07) is 5.13. The largest absolute Gasteiger partial charge is 0.396 e. The second-order valence-electron chi connectivity index (χ2n) is 5.58. The Kier molecular flexibility index (Phi) is 5.42. The molecule has 0 fully saturated rings. The molecule has 1 aromatic carbocycles. The number of rotatable bonds is 6. The maximum atomic E-state index is 12.2. The first kappa shape index (κ1) is 16.8. The quantitative estimate of drug-likeness (QED) is 0.816. The number of nitrogen functional groups attached to an aromatic ring is 1. The summed E-state index contributed by atoms with van der Waals surface area (Å²) in [4.78, 5) is 2.17. The lowest BCUT2D eigenvalue weighted by Crippen LogP contribution is -2.25. The van der Waals surface area contributed by atoms with Crippen LogP contribution in [-0.2, 0) is 10.0 Å². The Balaban J connectivity index is 3.14. The number of nitrogens with two attached hydrogens (primary N) is 1. The molecule has 0 atom stereocenters. The smallest absolute Gasteiger partial charge is 0.244 e. The molecule has 0 radical (unpaired) electrons. The lowest BCUT2D eigenvalue weighted by atomic mass is 10.1. The number of hydrogen-bond donors (Lipinski definition) is 1. The number of para-hydroxylation sites is 1. The van der Waals surface area contributed by atoms with Gasteiger partial charge in [0.1, 0.15) is 4.90 Å². The van der Waals surface area contributed by atoms with Crippen LogP contribution in [0.2, 0.25) is 0 Å². The van der Waals surface area contributed by atoms with Crippen molar-refractivity contribution in [3.63, 3.8) is 0 Å². The zero-order chi connectivity index (χ0) is 15.5. The average molecular weight is 299 g/mol. The molecule has 0 aromatic heterocycles. The van der Waals surface area contributed by atoms with Crippen molar-refractivity contribution in [3.05, 3.63) is 18.2 Å². The van der Waals surface area contributed by atoms with Crippen LogP contribution in [0.25, 0.3) is 0 Å². The van der Waals surface area contributed by atoms with Gasteiger partial charge in [0.15, 0.2) is 0 Å². The third-order valence-corrected chi connectivity index (χ3v) is 5.13. The van der Waals surface area contributed by atoms with Gasteiger partial charge in [-0.1, -0.05) is 19.9 Å². The molecule has 20 heavy (non-hydrogen) atoms.